The first-order valence-electron chi connectivity index (χ1n) is 9.40. The highest BCUT2D eigenvalue weighted by molar-refractivity contribution is 6.31. The molecule has 0 saturated carbocycles. The summed E-state index contributed by atoms with van der Waals surface area (Å²) >= 11 is 6.28. The second-order valence-electron chi connectivity index (χ2n) is 7.05. The third kappa shape index (κ3) is 4.30. The molecule has 1 amide bonds. The molecule has 0 spiro atoms. The van der Waals surface area contributed by atoms with Crippen molar-refractivity contribution in [2.24, 2.45) is 0 Å². The van der Waals surface area contributed by atoms with E-state index < -0.39 is 0 Å². The molecule has 1 aliphatic heterocycles. The molecule has 1 N–H and O–H groups in total. The number of carbonyl (C=O) groups is 1. The molecule has 1 atom stereocenters. The van der Waals surface area contributed by atoms with Crippen molar-refractivity contribution in [1.29, 1.82) is 0 Å². The number of allylic oxidation sites excluding steroid dienone is 1. The smallest absolute Gasteiger partial charge is 0.224 e. The lowest BCUT2D eigenvalue weighted by Crippen LogP contribution is -2.34. The third-order valence-corrected chi connectivity index (χ3v) is 5.19. The molecule has 5 nitrogen and oxygen atoms in total. The Labute approximate surface area is 163 Å². The van der Waals surface area contributed by atoms with Crippen molar-refractivity contribution in [3.05, 3.63) is 52.8 Å². The maximum atomic E-state index is 12.2. The van der Waals surface area contributed by atoms with Crippen LogP contribution in [0.15, 0.2) is 42.2 Å². The van der Waals surface area contributed by atoms with Crippen molar-refractivity contribution in [1.82, 2.24) is 15.3 Å². The van der Waals surface area contributed by atoms with E-state index >= 15 is 0 Å². The first kappa shape index (κ1) is 18.0. The number of halogens is 1. The van der Waals surface area contributed by atoms with Gasteiger partial charge in [-0.3, -0.25) is 4.79 Å². The topological polar surface area (TPSA) is 64.1 Å². The molecular formula is C21H22ClN3O2. The van der Waals surface area contributed by atoms with Crippen molar-refractivity contribution in [2.45, 2.75) is 44.6 Å². The Hall–Kier alpha value is -2.40. The van der Waals surface area contributed by atoms with Gasteiger partial charge in [-0.25, -0.2) is 9.97 Å². The first-order valence-corrected chi connectivity index (χ1v) is 9.78. The normalized spacial score (nSPS) is 18.4. The van der Waals surface area contributed by atoms with Crippen LogP contribution in [0.4, 0.5) is 0 Å². The Morgan fingerprint density at radius 1 is 1.26 bits per heavy atom. The third-order valence-electron chi connectivity index (χ3n) is 4.97. The van der Waals surface area contributed by atoms with Crippen LogP contribution in [0, 0.1) is 0 Å². The number of carbonyl (C=O) groups excluding carboxylic acids is 1. The lowest BCUT2D eigenvalue weighted by Gasteiger charge is -2.15. The van der Waals surface area contributed by atoms with Crippen LogP contribution >= 0.6 is 11.6 Å². The predicted molar refractivity (Wildman–Crippen MR) is 105 cm³/mol. The molecule has 140 valence electrons. The van der Waals surface area contributed by atoms with Crippen molar-refractivity contribution in [3.8, 4) is 17.1 Å². The van der Waals surface area contributed by atoms with Crippen molar-refractivity contribution >= 4 is 17.5 Å². The predicted octanol–water partition coefficient (Wildman–Crippen LogP) is 4.11. The SMILES string of the molecule is O=C(CC1=CCCCC1)NCC1Cc2cc(Cl)cc(-c3ncccn3)c2O1. The second-order valence-corrected chi connectivity index (χ2v) is 7.48. The summed E-state index contributed by atoms with van der Waals surface area (Å²) in [7, 11) is 0. The fraction of sp³-hybridized carbons (Fsp3) is 0.381. The molecule has 1 aromatic carbocycles. The molecule has 2 aliphatic rings. The molecule has 4 rings (SSSR count). The Morgan fingerprint density at radius 2 is 2.11 bits per heavy atom. The van der Waals surface area contributed by atoms with E-state index in [2.05, 4.69) is 21.4 Å². The number of hydrogen-bond donors (Lipinski definition) is 1. The summed E-state index contributed by atoms with van der Waals surface area (Å²) in [6.07, 6.45) is 11.2. The van der Waals surface area contributed by atoms with Gasteiger partial charge >= 0.3 is 0 Å². The number of nitrogens with zero attached hydrogens (tertiary/aromatic N) is 2. The number of benzene rings is 1. The molecule has 2 heterocycles. The minimum Gasteiger partial charge on any atom is -0.487 e. The number of nitrogens with one attached hydrogen (secondary N) is 1. The van der Waals surface area contributed by atoms with Gasteiger partial charge in [-0.2, -0.15) is 0 Å². The fourth-order valence-electron chi connectivity index (χ4n) is 3.67. The zero-order valence-corrected chi connectivity index (χ0v) is 15.8. The summed E-state index contributed by atoms with van der Waals surface area (Å²) in [4.78, 5) is 20.8. The number of rotatable bonds is 5. The highest BCUT2D eigenvalue weighted by Crippen LogP contribution is 2.39. The van der Waals surface area contributed by atoms with Gasteiger partial charge in [-0.1, -0.05) is 23.3 Å². The zero-order chi connectivity index (χ0) is 18.6. The van der Waals surface area contributed by atoms with Crippen LogP contribution in [0.25, 0.3) is 11.4 Å². The molecule has 1 unspecified atom stereocenters. The Kier molecular flexibility index (Phi) is 5.39. The van der Waals surface area contributed by atoms with Gasteiger partial charge in [0.2, 0.25) is 5.91 Å². The maximum absolute atomic E-state index is 12.2. The second kappa shape index (κ2) is 8.09. The van der Waals surface area contributed by atoms with Crippen LogP contribution in [-0.4, -0.2) is 28.5 Å². The first-order chi connectivity index (χ1) is 13.2. The molecule has 0 fully saturated rings. The molecule has 0 saturated heterocycles. The molecule has 1 aromatic heterocycles. The number of aromatic nitrogens is 2. The van der Waals surface area contributed by atoms with Crippen molar-refractivity contribution in [2.75, 3.05) is 6.54 Å². The van der Waals surface area contributed by atoms with E-state index in [1.165, 1.54) is 18.4 Å². The zero-order valence-electron chi connectivity index (χ0n) is 15.1. The van der Waals surface area contributed by atoms with Crippen LogP contribution < -0.4 is 10.1 Å². The molecule has 27 heavy (non-hydrogen) atoms. The Bertz CT molecular complexity index is 867. The molecule has 0 radical (unpaired) electrons. The number of ether oxygens (including phenoxy) is 1. The maximum Gasteiger partial charge on any atom is 0.224 e. The van der Waals surface area contributed by atoms with Gasteiger partial charge in [0.1, 0.15) is 11.9 Å². The molecule has 1 aliphatic carbocycles. The quantitative estimate of drug-likeness (QED) is 0.789. The summed E-state index contributed by atoms with van der Waals surface area (Å²) < 4.78 is 6.12. The largest absolute Gasteiger partial charge is 0.487 e. The Balaban J connectivity index is 1.41. The lowest BCUT2D eigenvalue weighted by atomic mass is 9.97. The van der Waals surface area contributed by atoms with Gasteiger partial charge in [0, 0.05) is 35.8 Å². The minimum atomic E-state index is -0.106. The van der Waals surface area contributed by atoms with Crippen LogP contribution in [0.1, 0.15) is 37.7 Å². The number of fused-ring (bicyclic) bond motifs is 1. The molecule has 6 heteroatoms. The van der Waals surface area contributed by atoms with Gasteiger partial charge in [0.05, 0.1) is 12.1 Å². The van der Waals surface area contributed by atoms with Gasteiger partial charge in [0.15, 0.2) is 5.82 Å². The fourth-order valence-corrected chi connectivity index (χ4v) is 3.92. The van der Waals surface area contributed by atoms with Crippen molar-refractivity contribution < 1.29 is 9.53 Å². The summed E-state index contributed by atoms with van der Waals surface area (Å²) in [6, 6.07) is 5.51. The van der Waals surface area contributed by atoms with Gasteiger partial charge < -0.3 is 10.1 Å². The molecule has 2 aromatic rings. The number of amides is 1. The highest BCUT2D eigenvalue weighted by atomic mass is 35.5. The standard InChI is InChI=1S/C21H22ClN3O2/c22-16-10-15-11-17(13-25-19(26)9-14-5-2-1-3-6-14)27-20(15)18(12-16)21-23-7-4-8-24-21/h4-5,7-8,10,12,17H,1-3,6,9,11,13H2,(H,25,26). The van der Waals surface area contributed by atoms with Crippen LogP contribution in [0.2, 0.25) is 5.02 Å². The highest BCUT2D eigenvalue weighted by Gasteiger charge is 2.27. The van der Waals surface area contributed by atoms with E-state index in [0.717, 1.165) is 29.7 Å². The van der Waals surface area contributed by atoms with E-state index in [4.69, 9.17) is 16.3 Å². The van der Waals surface area contributed by atoms with Crippen LogP contribution in [0.3, 0.4) is 0 Å². The summed E-state index contributed by atoms with van der Waals surface area (Å²) in [5.74, 6) is 1.41. The van der Waals surface area contributed by atoms with E-state index in [1.807, 2.05) is 12.1 Å². The van der Waals surface area contributed by atoms with Gasteiger partial charge in [0.25, 0.3) is 0 Å². The van der Waals surface area contributed by atoms with Crippen molar-refractivity contribution in [3.63, 3.8) is 0 Å². The van der Waals surface area contributed by atoms with E-state index in [0.29, 0.717) is 30.2 Å². The minimum absolute atomic E-state index is 0.0624. The van der Waals surface area contributed by atoms with Crippen LogP contribution in [-0.2, 0) is 11.2 Å². The van der Waals surface area contributed by atoms with E-state index in [-0.39, 0.29) is 12.0 Å². The van der Waals surface area contributed by atoms with Gasteiger partial charge in [-0.15, -0.1) is 0 Å². The number of hydrogen-bond acceptors (Lipinski definition) is 4. The average molecular weight is 384 g/mol. The summed E-state index contributed by atoms with van der Waals surface area (Å²) in [5.41, 5.74) is 3.07. The van der Waals surface area contributed by atoms with E-state index in [9.17, 15) is 4.79 Å². The Morgan fingerprint density at radius 3 is 2.89 bits per heavy atom. The summed E-state index contributed by atoms with van der Waals surface area (Å²) in [5, 5.41) is 3.64. The molecule has 0 bridgehead atoms. The molecular weight excluding hydrogens is 362 g/mol. The van der Waals surface area contributed by atoms with Gasteiger partial charge in [-0.05, 0) is 43.9 Å². The van der Waals surface area contributed by atoms with Crippen LogP contribution in [0.5, 0.6) is 5.75 Å². The lowest BCUT2D eigenvalue weighted by molar-refractivity contribution is -0.120. The monoisotopic (exact) mass is 383 g/mol. The average Bonchev–Trinajstić information content (AvgIpc) is 3.10. The van der Waals surface area contributed by atoms with E-state index in [1.54, 1.807) is 18.5 Å². The summed E-state index contributed by atoms with van der Waals surface area (Å²) in [6.45, 7) is 0.480.